The van der Waals surface area contributed by atoms with Crippen molar-refractivity contribution in [1.82, 2.24) is 9.97 Å². The van der Waals surface area contributed by atoms with E-state index in [-0.39, 0.29) is 6.61 Å². The second kappa shape index (κ2) is 6.33. The molecule has 0 amide bonds. The predicted molar refractivity (Wildman–Crippen MR) is 70.6 cm³/mol. The Morgan fingerprint density at radius 1 is 1.06 bits per heavy atom. The number of aliphatic hydroxyl groups is 1. The average Bonchev–Trinajstić information content (AvgIpc) is 2.45. The van der Waals surface area contributed by atoms with Crippen molar-refractivity contribution in [3.05, 3.63) is 65.8 Å². The van der Waals surface area contributed by atoms with Crippen LogP contribution in [0, 0.1) is 11.8 Å². The first-order valence-corrected chi connectivity index (χ1v) is 5.55. The van der Waals surface area contributed by atoms with Crippen LogP contribution in [0.3, 0.4) is 0 Å². The summed E-state index contributed by atoms with van der Waals surface area (Å²) in [6.07, 6.45) is 6.85. The fourth-order valence-electron chi connectivity index (χ4n) is 1.40. The lowest BCUT2D eigenvalue weighted by molar-refractivity contribution is 0.343. The molecule has 0 spiro atoms. The van der Waals surface area contributed by atoms with Crippen LogP contribution in [0.2, 0.25) is 0 Å². The van der Waals surface area contributed by atoms with Gasteiger partial charge in [-0.1, -0.05) is 24.3 Å². The molecule has 0 saturated heterocycles. The van der Waals surface area contributed by atoms with E-state index in [9.17, 15) is 0 Å². The van der Waals surface area contributed by atoms with Crippen molar-refractivity contribution in [3.8, 4) is 11.8 Å². The first-order chi connectivity index (χ1) is 8.90. The maximum absolute atomic E-state index is 8.77. The summed E-state index contributed by atoms with van der Waals surface area (Å²) < 4.78 is 0. The van der Waals surface area contributed by atoms with Crippen LogP contribution in [-0.2, 0) is 0 Å². The van der Waals surface area contributed by atoms with Crippen molar-refractivity contribution < 1.29 is 5.11 Å². The SMILES string of the molecule is OCC=Cc1cccnc1C#Cc1ccccn1. The standard InChI is InChI=1S/C15H12N2O/c18-12-4-6-13-5-3-11-17-15(13)9-8-14-7-1-2-10-16-14/h1-7,10-11,18H,12H2. The van der Waals surface area contributed by atoms with Crippen molar-refractivity contribution in [2.24, 2.45) is 0 Å². The lowest BCUT2D eigenvalue weighted by Crippen LogP contribution is -1.88. The van der Waals surface area contributed by atoms with Gasteiger partial charge in [0, 0.05) is 18.0 Å². The predicted octanol–water partition coefficient (Wildman–Crippen LogP) is 1.88. The second-order valence-corrected chi connectivity index (χ2v) is 3.49. The van der Waals surface area contributed by atoms with Gasteiger partial charge in [0.15, 0.2) is 0 Å². The Hall–Kier alpha value is -2.44. The van der Waals surface area contributed by atoms with E-state index < -0.39 is 0 Å². The second-order valence-electron chi connectivity index (χ2n) is 3.49. The van der Waals surface area contributed by atoms with Crippen LogP contribution >= 0.6 is 0 Å². The van der Waals surface area contributed by atoms with E-state index in [1.807, 2.05) is 30.3 Å². The fraction of sp³-hybridized carbons (Fsp3) is 0.0667. The molecule has 0 atom stereocenters. The number of hydrogen-bond donors (Lipinski definition) is 1. The molecular formula is C15H12N2O. The zero-order valence-electron chi connectivity index (χ0n) is 9.74. The number of nitrogens with zero attached hydrogens (tertiary/aromatic N) is 2. The molecule has 0 aliphatic heterocycles. The monoisotopic (exact) mass is 236 g/mol. The van der Waals surface area contributed by atoms with Gasteiger partial charge < -0.3 is 5.11 Å². The third-order valence-electron chi connectivity index (χ3n) is 2.22. The molecule has 0 unspecified atom stereocenters. The Kier molecular flexibility index (Phi) is 4.23. The van der Waals surface area contributed by atoms with E-state index in [2.05, 4.69) is 21.8 Å². The molecule has 3 nitrogen and oxygen atoms in total. The summed E-state index contributed by atoms with van der Waals surface area (Å²) in [5.74, 6) is 5.94. The number of aromatic nitrogens is 2. The van der Waals surface area contributed by atoms with Gasteiger partial charge in [-0.3, -0.25) is 0 Å². The minimum atomic E-state index is 0.00199. The molecule has 0 radical (unpaired) electrons. The molecule has 2 heterocycles. The maximum Gasteiger partial charge on any atom is 0.120 e. The first kappa shape index (κ1) is 12.0. The van der Waals surface area contributed by atoms with Gasteiger partial charge in [-0.25, -0.2) is 9.97 Å². The summed E-state index contributed by atoms with van der Waals surface area (Å²) in [6, 6.07) is 9.33. The van der Waals surface area contributed by atoms with Crippen molar-refractivity contribution in [1.29, 1.82) is 0 Å². The highest BCUT2D eigenvalue weighted by Crippen LogP contribution is 2.06. The van der Waals surface area contributed by atoms with Crippen LogP contribution in [0.4, 0.5) is 0 Å². The fourth-order valence-corrected chi connectivity index (χ4v) is 1.40. The summed E-state index contributed by atoms with van der Waals surface area (Å²) in [4.78, 5) is 8.34. The quantitative estimate of drug-likeness (QED) is 0.810. The molecule has 0 aliphatic carbocycles. The number of pyridine rings is 2. The maximum atomic E-state index is 8.77. The number of aliphatic hydroxyl groups excluding tert-OH is 1. The van der Waals surface area contributed by atoms with Crippen molar-refractivity contribution in [2.75, 3.05) is 6.61 Å². The summed E-state index contributed by atoms with van der Waals surface area (Å²) in [6.45, 7) is 0.00199. The molecule has 2 rings (SSSR count). The van der Waals surface area contributed by atoms with E-state index in [4.69, 9.17) is 5.11 Å². The third-order valence-corrected chi connectivity index (χ3v) is 2.22. The molecule has 0 aromatic carbocycles. The van der Waals surface area contributed by atoms with Gasteiger partial charge in [-0.05, 0) is 30.0 Å². The normalized spacial score (nSPS) is 10.1. The van der Waals surface area contributed by atoms with Gasteiger partial charge in [0.1, 0.15) is 11.4 Å². The third kappa shape index (κ3) is 3.27. The van der Waals surface area contributed by atoms with Crippen LogP contribution in [-0.4, -0.2) is 21.7 Å². The molecule has 0 aliphatic rings. The van der Waals surface area contributed by atoms with E-state index in [0.717, 1.165) is 5.56 Å². The highest BCUT2D eigenvalue weighted by molar-refractivity contribution is 5.57. The summed E-state index contributed by atoms with van der Waals surface area (Å²) in [7, 11) is 0. The molecule has 1 N–H and O–H groups in total. The zero-order chi connectivity index (χ0) is 12.6. The Bertz CT molecular complexity index is 595. The summed E-state index contributed by atoms with van der Waals surface area (Å²) in [5, 5.41) is 8.77. The molecule has 18 heavy (non-hydrogen) atoms. The molecule has 2 aromatic heterocycles. The molecule has 0 bridgehead atoms. The smallest absolute Gasteiger partial charge is 0.120 e. The van der Waals surface area contributed by atoms with Crippen LogP contribution < -0.4 is 0 Å². The highest BCUT2D eigenvalue weighted by Gasteiger charge is 1.95. The van der Waals surface area contributed by atoms with Gasteiger partial charge in [0.25, 0.3) is 0 Å². The number of hydrogen-bond acceptors (Lipinski definition) is 3. The Labute approximate surface area is 106 Å². The van der Waals surface area contributed by atoms with Crippen molar-refractivity contribution >= 4 is 6.08 Å². The summed E-state index contributed by atoms with van der Waals surface area (Å²) >= 11 is 0. The molecule has 3 heteroatoms. The van der Waals surface area contributed by atoms with Crippen molar-refractivity contribution in [3.63, 3.8) is 0 Å². The molecular weight excluding hydrogens is 224 g/mol. The lowest BCUT2D eigenvalue weighted by Gasteiger charge is -1.96. The Balaban J connectivity index is 2.30. The van der Waals surface area contributed by atoms with Crippen LogP contribution in [0.25, 0.3) is 6.08 Å². The lowest BCUT2D eigenvalue weighted by atomic mass is 10.2. The molecule has 0 saturated carbocycles. The van der Waals surface area contributed by atoms with Gasteiger partial charge in [0.2, 0.25) is 0 Å². The molecule has 2 aromatic rings. The molecule has 0 fully saturated rings. The minimum absolute atomic E-state index is 0.00199. The largest absolute Gasteiger partial charge is 0.392 e. The Morgan fingerprint density at radius 3 is 2.72 bits per heavy atom. The topological polar surface area (TPSA) is 46.0 Å². The Morgan fingerprint density at radius 2 is 1.94 bits per heavy atom. The average molecular weight is 236 g/mol. The van der Waals surface area contributed by atoms with E-state index in [1.165, 1.54) is 0 Å². The summed E-state index contributed by atoms with van der Waals surface area (Å²) in [5.41, 5.74) is 2.27. The van der Waals surface area contributed by atoms with Gasteiger partial charge >= 0.3 is 0 Å². The van der Waals surface area contributed by atoms with Crippen LogP contribution in [0.5, 0.6) is 0 Å². The van der Waals surface area contributed by atoms with E-state index in [0.29, 0.717) is 11.4 Å². The highest BCUT2D eigenvalue weighted by atomic mass is 16.2. The van der Waals surface area contributed by atoms with Gasteiger partial charge in [0.05, 0.1) is 6.61 Å². The van der Waals surface area contributed by atoms with Crippen molar-refractivity contribution in [2.45, 2.75) is 0 Å². The molecule has 88 valence electrons. The van der Waals surface area contributed by atoms with E-state index >= 15 is 0 Å². The number of rotatable bonds is 2. The zero-order valence-corrected chi connectivity index (χ0v) is 9.74. The van der Waals surface area contributed by atoms with Gasteiger partial charge in [-0.2, -0.15) is 0 Å². The van der Waals surface area contributed by atoms with Gasteiger partial charge in [-0.15, -0.1) is 0 Å². The minimum Gasteiger partial charge on any atom is -0.392 e. The van der Waals surface area contributed by atoms with Crippen LogP contribution in [0.1, 0.15) is 17.0 Å². The first-order valence-electron chi connectivity index (χ1n) is 5.55. The van der Waals surface area contributed by atoms with Crippen LogP contribution in [0.15, 0.2) is 48.8 Å². The van der Waals surface area contributed by atoms with E-state index in [1.54, 1.807) is 24.5 Å².